The van der Waals surface area contributed by atoms with Crippen LogP contribution in [0.1, 0.15) is 39.5 Å². The number of anilines is 1. The summed E-state index contributed by atoms with van der Waals surface area (Å²) in [5.41, 5.74) is 1.03. The van der Waals surface area contributed by atoms with Crippen LogP contribution >= 0.6 is 0 Å². The quantitative estimate of drug-likeness (QED) is 0.888. The third-order valence-corrected chi connectivity index (χ3v) is 4.46. The van der Waals surface area contributed by atoms with Gasteiger partial charge in [-0.1, -0.05) is 44.9 Å². The van der Waals surface area contributed by atoms with Crippen molar-refractivity contribution in [2.24, 2.45) is 11.8 Å². The number of benzene rings is 1. The van der Waals surface area contributed by atoms with Gasteiger partial charge in [-0.05, 0) is 36.8 Å². The fourth-order valence-corrected chi connectivity index (χ4v) is 3.29. The largest absolute Gasteiger partial charge is 0.480 e. The van der Waals surface area contributed by atoms with Gasteiger partial charge in [-0.15, -0.1) is 0 Å². The molecule has 110 valence electrons. The molecule has 1 aromatic rings. The molecular weight excluding hydrogens is 250 g/mol. The van der Waals surface area contributed by atoms with Crippen LogP contribution in [0.25, 0.3) is 0 Å². The van der Waals surface area contributed by atoms with Crippen LogP contribution in [0.4, 0.5) is 5.69 Å². The molecule has 0 radical (unpaired) electrons. The van der Waals surface area contributed by atoms with E-state index in [1.807, 2.05) is 30.3 Å². The maximum Gasteiger partial charge on any atom is 0.323 e. The Hall–Kier alpha value is -1.51. The van der Waals surface area contributed by atoms with Crippen molar-refractivity contribution in [3.63, 3.8) is 0 Å². The SMILES string of the molecule is CC(C)C1CCCC(N(CC(=O)O)c2ccccc2)C1. The average Bonchev–Trinajstić information content (AvgIpc) is 2.45. The first-order valence-electron chi connectivity index (χ1n) is 7.61. The van der Waals surface area contributed by atoms with Gasteiger partial charge in [0.15, 0.2) is 0 Å². The normalized spacial score (nSPS) is 22.8. The van der Waals surface area contributed by atoms with Crippen LogP contribution < -0.4 is 4.90 Å². The van der Waals surface area contributed by atoms with Crippen molar-refractivity contribution in [1.82, 2.24) is 0 Å². The van der Waals surface area contributed by atoms with E-state index in [1.54, 1.807) is 0 Å². The topological polar surface area (TPSA) is 40.5 Å². The first-order valence-corrected chi connectivity index (χ1v) is 7.61. The Kier molecular flexibility index (Phi) is 5.05. The lowest BCUT2D eigenvalue weighted by atomic mass is 9.78. The monoisotopic (exact) mass is 275 g/mol. The van der Waals surface area contributed by atoms with E-state index in [2.05, 4.69) is 18.7 Å². The van der Waals surface area contributed by atoms with Crippen LogP contribution in [0.3, 0.4) is 0 Å². The number of rotatable bonds is 5. The minimum absolute atomic E-state index is 0.0967. The minimum Gasteiger partial charge on any atom is -0.480 e. The second kappa shape index (κ2) is 6.78. The van der Waals surface area contributed by atoms with Crippen molar-refractivity contribution >= 4 is 11.7 Å². The summed E-state index contributed by atoms with van der Waals surface area (Å²) in [6.45, 7) is 4.65. The van der Waals surface area contributed by atoms with Gasteiger partial charge in [0.2, 0.25) is 0 Å². The minimum atomic E-state index is -0.750. The van der Waals surface area contributed by atoms with Crippen LogP contribution in [-0.2, 0) is 4.79 Å². The van der Waals surface area contributed by atoms with Crippen molar-refractivity contribution < 1.29 is 9.90 Å². The lowest BCUT2D eigenvalue weighted by Crippen LogP contribution is -2.42. The Morgan fingerprint density at radius 1 is 1.30 bits per heavy atom. The smallest absolute Gasteiger partial charge is 0.323 e. The molecule has 0 spiro atoms. The number of carbonyl (C=O) groups is 1. The average molecular weight is 275 g/mol. The molecule has 0 bridgehead atoms. The number of hydrogen-bond acceptors (Lipinski definition) is 2. The molecule has 2 rings (SSSR count). The highest BCUT2D eigenvalue weighted by Gasteiger charge is 2.29. The number of nitrogens with zero attached hydrogens (tertiary/aromatic N) is 1. The zero-order chi connectivity index (χ0) is 14.5. The van der Waals surface area contributed by atoms with Gasteiger partial charge in [0.25, 0.3) is 0 Å². The summed E-state index contributed by atoms with van der Waals surface area (Å²) >= 11 is 0. The molecule has 1 saturated carbocycles. The fraction of sp³-hybridized carbons (Fsp3) is 0.588. The summed E-state index contributed by atoms with van der Waals surface area (Å²) in [4.78, 5) is 13.3. The van der Waals surface area contributed by atoms with Gasteiger partial charge >= 0.3 is 5.97 Å². The van der Waals surface area contributed by atoms with Crippen LogP contribution in [0.2, 0.25) is 0 Å². The summed E-state index contributed by atoms with van der Waals surface area (Å²) < 4.78 is 0. The molecule has 1 N–H and O–H groups in total. The van der Waals surface area contributed by atoms with Crippen molar-refractivity contribution in [1.29, 1.82) is 0 Å². The highest BCUT2D eigenvalue weighted by atomic mass is 16.4. The molecule has 3 nitrogen and oxygen atoms in total. The molecule has 0 amide bonds. The molecule has 1 aliphatic rings. The number of carboxylic acids is 1. The first-order chi connectivity index (χ1) is 9.58. The lowest BCUT2D eigenvalue weighted by molar-refractivity contribution is -0.135. The van der Waals surface area contributed by atoms with E-state index in [1.165, 1.54) is 12.8 Å². The summed E-state index contributed by atoms with van der Waals surface area (Å²) in [7, 11) is 0. The third kappa shape index (κ3) is 3.75. The second-order valence-electron chi connectivity index (χ2n) is 6.18. The van der Waals surface area contributed by atoms with E-state index < -0.39 is 5.97 Å². The molecular formula is C17H25NO2. The molecule has 0 aromatic heterocycles. The van der Waals surface area contributed by atoms with Crippen molar-refractivity contribution in [2.75, 3.05) is 11.4 Å². The standard InChI is InChI=1S/C17H25NO2/c1-13(2)14-7-6-10-16(11-14)18(12-17(19)20)15-8-4-3-5-9-15/h3-5,8-9,13-14,16H,6-7,10-12H2,1-2H3,(H,19,20). The van der Waals surface area contributed by atoms with Gasteiger partial charge in [-0.2, -0.15) is 0 Å². The first kappa shape index (κ1) is 14.9. The predicted octanol–water partition coefficient (Wildman–Crippen LogP) is 3.79. The Bertz CT molecular complexity index is 430. The van der Waals surface area contributed by atoms with E-state index in [-0.39, 0.29) is 6.54 Å². The van der Waals surface area contributed by atoms with Gasteiger partial charge in [0, 0.05) is 11.7 Å². The van der Waals surface area contributed by atoms with Gasteiger partial charge in [0.05, 0.1) is 0 Å². The summed E-state index contributed by atoms with van der Waals surface area (Å²) in [5, 5.41) is 9.21. The lowest BCUT2D eigenvalue weighted by Gasteiger charge is -2.39. The molecule has 1 fully saturated rings. The van der Waals surface area contributed by atoms with E-state index in [9.17, 15) is 9.90 Å². The molecule has 20 heavy (non-hydrogen) atoms. The Labute approximate surface area is 121 Å². The number of aliphatic carboxylic acids is 1. The van der Waals surface area contributed by atoms with Crippen LogP contribution in [-0.4, -0.2) is 23.7 Å². The van der Waals surface area contributed by atoms with Gasteiger partial charge in [-0.25, -0.2) is 0 Å². The zero-order valence-electron chi connectivity index (χ0n) is 12.5. The molecule has 2 unspecified atom stereocenters. The Morgan fingerprint density at radius 2 is 2.00 bits per heavy atom. The number of carboxylic acid groups (broad SMARTS) is 1. The molecule has 0 aliphatic heterocycles. The predicted molar refractivity (Wildman–Crippen MR) is 82.0 cm³/mol. The molecule has 3 heteroatoms. The molecule has 0 saturated heterocycles. The second-order valence-corrected chi connectivity index (χ2v) is 6.18. The van der Waals surface area contributed by atoms with Crippen molar-refractivity contribution in [3.05, 3.63) is 30.3 Å². The zero-order valence-corrected chi connectivity index (χ0v) is 12.5. The summed E-state index contributed by atoms with van der Waals surface area (Å²) in [6, 6.07) is 10.3. The molecule has 2 atom stereocenters. The van der Waals surface area contributed by atoms with Crippen molar-refractivity contribution in [3.8, 4) is 0 Å². The van der Waals surface area contributed by atoms with Crippen LogP contribution in [0.5, 0.6) is 0 Å². The van der Waals surface area contributed by atoms with Crippen LogP contribution in [0, 0.1) is 11.8 Å². The van der Waals surface area contributed by atoms with Gasteiger partial charge in [-0.3, -0.25) is 4.79 Å². The maximum atomic E-state index is 11.2. The van der Waals surface area contributed by atoms with E-state index in [0.29, 0.717) is 17.9 Å². The third-order valence-electron chi connectivity index (χ3n) is 4.46. The van der Waals surface area contributed by atoms with Crippen LogP contribution in [0.15, 0.2) is 30.3 Å². The number of para-hydroxylation sites is 1. The van der Waals surface area contributed by atoms with Crippen molar-refractivity contribution in [2.45, 2.75) is 45.6 Å². The van der Waals surface area contributed by atoms with Gasteiger partial charge in [0.1, 0.15) is 6.54 Å². The molecule has 0 heterocycles. The summed E-state index contributed by atoms with van der Waals surface area (Å²) in [6.07, 6.45) is 4.70. The highest BCUT2D eigenvalue weighted by Crippen LogP contribution is 2.34. The van der Waals surface area contributed by atoms with Gasteiger partial charge < -0.3 is 10.0 Å². The molecule has 1 aromatic carbocycles. The Balaban J connectivity index is 2.16. The maximum absolute atomic E-state index is 11.2. The summed E-state index contributed by atoms with van der Waals surface area (Å²) in [5.74, 6) is 0.648. The highest BCUT2D eigenvalue weighted by molar-refractivity contribution is 5.74. The Morgan fingerprint density at radius 3 is 2.60 bits per heavy atom. The fourth-order valence-electron chi connectivity index (χ4n) is 3.29. The molecule has 1 aliphatic carbocycles. The van der Waals surface area contributed by atoms with E-state index in [4.69, 9.17) is 0 Å². The van der Waals surface area contributed by atoms with E-state index >= 15 is 0 Å². The number of hydrogen-bond donors (Lipinski definition) is 1. The van der Waals surface area contributed by atoms with E-state index in [0.717, 1.165) is 18.5 Å².